The molecular formula is C31H28O4. The molecule has 0 bridgehead atoms. The highest BCUT2D eigenvalue weighted by Crippen LogP contribution is 2.29. The van der Waals surface area contributed by atoms with Crippen LogP contribution in [0.15, 0.2) is 0 Å². The van der Waals surface area contributed by atoms with E-state index in [0.29, 0.717) is 43.3 Å². The van der Waals surface area contributed by atoms with Gasteiger partial charge in [0.25, 0.3) is 0 Å². The monoisotopic (exact) mass is 464 g/mol. The number of hydrogen-bond acceptors (Lipinski definition) is 4. The molecule has 0 atom stereocenters. The molecule has 0 N–H and O–H groups in total. The summed E-state index contributed by atoms with van der Waals surface area (Å²) in [5, 5.41) is 3.96. The number of carbonyl (C=O) groups excluding carboxylic acids is 4. The largest absolute Gasteiger partial charge is 0.294 e. The maximum Gasteiger partial charge on any atom is 0.164 e. The Balaban J connectivity index is 1.65. The number of fused-ring (bicyclic) bond motifs is 4. The minimum absolute atomic E-state index is 0.0718. The first-order chi connectivity index (χ1) is 16.5. The molecule has 0 aliphatic heterocycles. The van der Waals surface area contributed by atoms with Gasteiger partial charge in [-0.1, -0.05) is 0 Å². The molecule has 0 fully saturated rings. The summed E-state index contributed by atoms with van der Waals surface area (Å²) in [4.78, 5) is 51.7. The fraction of sp³-hybridized carbons (Fsp3) is 0.355. The molecule has 6 rings (SSSR count). The van der Waals surface area contributed by atoms with Gasteiger partial charge in [0.05, 0.1) is 0 Å². The van der Waals surface area contributed by atoms with Gasteiger partial charge < -0.3 is 0 Å². The van der Waals surface area contributed by atoms with Gasteiger partial charge in [0.2, 0.25) is 0 Å². The lowest BCUT2D eigenvalue weighted by Crippen LogP contribution is -2.26. The second kappa shape index (κ2) is 7.07. The van der Waals surface area contributed by atoms with Gasteiger partial charge in [0.15, 0.2) is 23.1 Å². The van der Waals surface area contributed by atoms with Crippen LogP contribution in [0.4, 0.5) is 0 Å². The van der Waals surface area contributed by atoms with Crippen LogP contribution in [0.5, 0.6) is 0 Å². The van der Waals surface area contributed by atoms with Crippen LogP contribution in [0.1, 0.15) is 64.8 Å². The lowest BCUT2D eigenvalue weighted by molar-refractivity contribution is -0.114. The molecular weight excluding hydrogens is 436 g/mol. The molecule has 4 aliphatic carbocycles. The van der Waals surface area contributed by atoms with Crippen LogP contribution in [0.25, 0.3) is 22.3 Å². The Hall–Kier alpha value is -3.40. The summed E-state index contributed by atoms with van der Waals surface area (Å²) in [5.41, 5.74) is 11.2. The SMILES string of the molecule is CC1=c2c(C)c3c(c(C)c2CC1=O)=C(CC1=c2c(C)c4c(c(C)c2CC1=O)=C(C)C(=O)C4)C(=O)C3. The maximum atomic E-state index is 13.4. The van der Waals surface area contributed by atoms with E-state index in [1.54, 1.807) is 0 Å². The molecule has 2 aromatic rings. The summed E-state index contributed by atoms with van der Waals surface area (Å²) >= 11 is 0. The van der Waals surface area contributed by atoms with Gasteiger partial charge >= 0.3 is 0 Å². The Bertz CT molecular complexity index is 1650. The number of carbonyl (C=O) groups is 4. The van der Waals surface area contributed by atoms with E-state index in [2.05, 4.69) is 0 Å². The van der Waals surface area contributed by atoms with Crippen molar-refractivity contribution in [1.82, 2.24) is 0 Å². The molecule has 4 nitrogen and oxygen atoms in total. The van der Waals surface area contributed by atoms with Crippen LogP contribution < -0.4 is 20.9 Å². The Morgan fingerprint density at radius 3 is 1.09 bits per heavy atom. The van der Waals surface area contributed by atoms with Crippen molar-refractivity contribution < 1.29 is 19.2 Å². The molecule has 2 aromatic carbocycles. The minimum atomic E-state index is 0.0718. The van der Waals surface area contributed by atoms with E-state index in [1.165, 1.54) is 0 Å². The number of ketones is 4. The minimum Gasteiger partial charge on any atom is -0.294 e. The second-order valence-corrected chi connectivity index (χ2v) is 10.7. The van der Waals surface area contributed by atoms with Gasteiger partial charge in [-0.3, -0.25) is 19.2 Å². The Labute approximate surface area is 203 Å². The van der Waals surface area contributed by atoms with E-state index < -0.39 is 0 Å². The first-order valence-electron chi connectivity index (χ1n) is 12.4. The van der Waals surface area contributed by atoms with Crippen molar-refractivity contribution in [3.8, 4) is 0 Å². The van der Waals surface area contributed by atoms with Gasteiger partial charge in [-0.25, -0.2) is 0 Å². The van der Waals surface area contributed by atoms with Crippen LogP contribution in [-0.4, -0.2) is 23.1 Å². The molecule has 0 unspecified atom stereocenters. The van der Waals surface area contributed by atoms with Crippen molar-refractivity contribution in [2.24, 2.45) is 0 Å². The third-order valence-electron chi connectivity index (χ3n) is 9.08. The maximum absolute atomic E-state index is 13.4. The van der Waals surface area contributed by atoms with Crippen LogP contribution in [0.3, 0.4) is 0 Å². The third-order valence-corrected chi connectivity index (χ3v) is 9.08. The quantitative estimate of drug-likeness (QED) is 0.669. The summed E-state index contributed by atoms with van der Waals surface area (Å²) in [6, 6.07) is 0. The van der Waals surface area contributed by atoms with E-state index in [-0.39, 0.29) is 23.1 Å². The van der Waals surface area contributed by atoms with E-state index in [0.717, 1.165) is 76.5 Å². The summed E-state index contributed by atoms with van der Waals surface area (Å²) in [5.74, 6) is 0.447. The molecule has 0 heterocycles. The summed E-state index contributed by atoms with van der Waals surface area (Å²) in [6.45, 7) is 11.8. The van der Waals surface area contributed by atoms with Gasteiger partial charge in [0, 0.05) is 54.4 Å². The zero-order chi connectivity index (χ0) is 25.1. The Morgan fingerprint density at radius 2 is 0.714 bits per heavy atom. The van der Waals surface area contributed by atoms with Crippen molar-refractivity contribution >= 4 is 45.4 Å². The molecule has 0 spiro atoms. The topological polar surface area (TPSA) is 68.3 Å². The molecule has 0 saturated heterocycles. The van der Waals surface area contributed by atoms with E-state index >= 15 is 0 Å². The molecule has 35 heavy (non-hydrogen) atoms. The smallest absolute Gasteiger partial charge is 0.164 e. The summed E-state index contributed by atoms with van der Waals surface area (Å²) in [7, 11) is 0. The predicted octanol–water partition coefficient (Wildman–Crippen LogP) is 1.15. The fourth-order valence-corrected chi connectivity index (χ4v) is 7.20. The summed E-state index contributed by atoms with van der Waals surface area (Å²) in [6.07, 6.45) is 1.73. The third kappa shape index (κ3) is 2.68. The van der Waals surface area contributed by atoms with Gasteiger partial charge in [-0.05, 0) is 107 Å². The van der Waals surface area contributed by atoms with Crippen LogP contribution >= 0.6 is 0 Å². The molecule has 0 radical (unpaired) electrons. The van der Waals surface area contributed by atoms with Gasteiger partial charge in [-0.2, -0.15) is 0 Å². The molecule has 0 saturated carbocycles. The first-order valence-corrected chi connectivity index (χ1v) is 12.4. The lowest BCUT2D eigenvalue weighted by Gasteiger charge is -2.11. The number of benzene rings is 2. The van der Waals surface area contributed by atoms with E-state index in [9.17, 15) is 19.2 Å². The normalized spacial score (nSPS) is 18.2. The number of hydrogen-bond donors (Lipinski definition) is 0. The Kier molecular flexibility index (Phi) is 4.46. The highest BCUT2D eigenvalue weighted by Gasteiger charge is 2.34. The van der Waals surface area contributed by atoms with Crippen molar-refractivity contribution in [3.05, 3.63) is 65.4 Å². The zero-order valence-corrected chi connectivity index (χ0v) is 21.2. The van der Waals surface area contributed by atoms with E-state index in [4.69, 9.17) is 0 Å². The number of Topliss-reactive ketones (excluding diaryl/α,β-unsaturated/α-hetero) is 4. The van der Waals surface area contributed by atoms with Crippen LogP contribution in [-0.2, 0) is 44.9 Å². The van der Waals surface area contributed by atoms with Gasteiger partial charge in [0.1, 0.15) is 0 Å². The average Bonchev–Trinajstić information content (AvgIpc) is 3.50. The first kappa shape index (κ1) is 22.1. The van der Waals surface area contributed by atoms with Crippen LogP contribution in [0, 0.1) is 27.7 Å². The molecule has 0 aromatic heterocycles. The molecule has 4 heteroatoms. The molecule has 4 aliphatic rings. The highest BCUT2D eigenvalue weighted by atomic mass is 16.1. The standard InChI is InChI=1S/C31H28O4/c1-12-20-10-26(34)22(30(20)14(3)18-8-24(32)16(5)28(12)18)7-23-27(35)11-21-13(2)29-17(6)25(33)9-19(29)15(4)31(21)23/h7-11H2,1-6H3. The second-order valence-electron chi connectivity index (χ2n) is 10.7. The number of rotatable bonds is 2. The predicted molar refractivity (Wildman–Crippen MR) is 135 cm³/mol. The molecule has 176 valence electrons. The lowest BCUT2D eigenvalue weighted by atomic mass is 9.92. The summed E-state index contributed by atoms with van der Waals surface area (Å²) < 4.78 is 0. The zero-order valence-electron chi connectivity index (χ0n) is 21.2. The molecule has 0 amide bonds. The highest BCUT2D eigenvalue weighted by molar-refractivity contribution is 6.27. The Morgan fingerprint density at radius 1 is 0.429 bits per heavy atom. The van der Waals surface area contributed by atoms with Crippen molar-refractivity contribution in [3.63, 3.8) is 0 Å². The fourth-order valence-electron chi connectivity index (χ4n) is 7.20. The van der Waals surface area contributed by atoms with E-state index in [1.807, 2.05) is 41.5 Å². The average molecular weight is 465 g/mol. The van der Waals surface area contributed by atoms with Crippen molar-refractivity contribution in [2.75, 3.05) is 0 Å². The van der Waals surface area contributed by atoms with Crippen molar-refractivity contribution in [1.29, 1.82) is 0 Å². The van der Waals surface area contributed by atoms with Crippen molar-refractivity contribution in [2.45, 2.75) is 73.6 Å². The van der Waals surface area contributed by atoms with Crippen LogP contribution in [0.2, 0.25) is 0 Å². The van der Waals surface area contributed by atoms with Gasteiger partial charge in [-0.15, -0.1) is 0 Å².